The number of carbonyl (C=O) groups is 1. The SMILES string of the molecule is Cc1nn(Cc2ccccc2S(=O)(=O)c2ccccc2)c(-c2ccccc2)c1CC(=O)OC(C)(C)C. The maximum atomic E-state index is 13.5. The monoisotopic (exact) mass is 502 g/mol. The van der Waals surface area contributed by atoms with Gasteiger partial charge in [-0.25, -0.2) is 8.42 Å². The van der Waals surface area contributed by atoms with E-state index in [2.05, 4.69) is 0 Å². The minimum atomic E-state index is -3.73. The van der Waals surface area contributed by atoms with Crippen LogP contribution < -0.4 is 0 Å². The number of nitrogens with zero attached hydrogens (tertiary/aromatic N) is 2. The number of esters is 1. The number of carbonyl (C=O) groups excluding carboxylic acids is 1. The summed E-state index contributed by atoms with van der Waals surface area (Å²) >= 11 is 0. The Morgan fingerprint density at radius 2 is 1.47 bits per heavy atom. The average Bonchev–Trinajstić information content (AvgIpc) is 3.13. The van der Waals surface area contributed by atoms with E-state index in [0.29, 0.717) is 11.3 Å². The molecular weight excluding hydrogens is 472 g/mol. The summed E-state index contributed by atoms with van der Waals surface area (Å²) < 4.78 is 34.3. The summed E-state index contributed by atoms with van der Waals surface area (Å²) in [7, 11) is -3.73. The van der Waals surface area contributed by atoms with Gasteiger partial charge in [0.2, 0.25) is 9.84 Å². The third-order valence-electron chi connectivity index (χ3n) is 5.68. The normalized spacial score (nSPS) is 11.9. The molecule has 4 rings (SSSR count). The lowest BCUT2D eigenvalue weighted by molar-refractivity contribution is -0.153. The van der Waals surface area contributed by atoms with Gasteiger partial charge in [0.05, 0.1) is 34.1 Å². The van der Waals surface area contributed by atoms with Crippen LogP contribution in [0.1, 0.15) is 37.6 Å². The third kappa shape index (κ3) is 5.57. The highest BCUT2D eigenvalue weighted by atomic mass is 32.2. The largest absolute Gasteiger partial charge is 0.460 e. The number of benzene rings is 3. The minimum Gasteiger partial charge on any atom is -0.460 e. The smallest absolute Gasteiger partial charge is 0.310 e. The number of rotatable bonds is 7. The molecule has 0 aliphatic carbocycles. The van der Waals surface area contributed by atoms with Crippen molar-refractivity contribution in [2.45, 2.75) is 56.1 Å². The van der Waals surface area contributed by atoms with Crippen molar-refractivity contribution in [1.82, 2.24) is 9.78 Å². The molecule has 0 fully saturated rings. The Kier molecular flexibility index (Phi) is 7.13. The molecule has 7 heteroatoms. The molecule has 0 saturated heterocycles. The molecule has 0 spiro atoms. The van der Waals surface area contributed by atoms with Crippen LogP contribution in [-0.4, -0.2) is 29.8 Å². The van der Waals surface area contributed by atoms with Gasteiger partial charge in [0.1, 0.15) is 5.60 Å². The van der Waals surface area contributed by atoms with E-state index in [9.17, 15) is 13.2 Å². The molecule has 1 aromatic heterocycles. The second kappa shape index (κ2) is 10.1. The first-order valence-electron chi connectivity index (χ1n) is 11.8. The van der Waals surface area contributed by atoms with Crippen LogP contribution in [0, 0.1) is 6.92 Å². The van der Waals surface area contributed by atoms with E-state index in [1.807, 2.05) is 64.1 Å². The molecule has 0 atom stereocenters. The van der Waals surface area contributed by atoms with Gasteiger partial charge in [-0.05, 0) is 51.5 Å². The van der Waals surface area contributed by atoms with Crippen LogP contribution in [0.4, 0.5) is 0 Å². The Hall–Kier alpha value is -3.71. The van der Waals surface area contributed by atoms with E-state index in [0.717, 1.165) is 16.8 Å². The number of aromatic nitrogens is 2. The van der Waals surface area contributed by atoms with Crippen molar-refractivity contribution in [3.8, 4) is 11.3 Å². The lowest BCUT2D eigenvalue weighted by Gasteiger charge is -2.19. The fourth-order valence-electron chi connectivity index (χ4n) is 4.17. The molecule has 0 radical (unpaired) electrons. The quantitative estimate of drug-likeness (QED) is 0.306. The fraction of sp³-hybridized carbons (Fsp3) is 0.241. The summed E-state index contributed by atoms with van der Waals surface area (Å²) in [6.45, 7) is 7.59. The zero-order chi connectivity index (χ0) is 25.9. The van der Waals surface area contributed by atoms with Crippen molar-refractivity contribution in [3.05, 3.63) is 102 Å². The molecule has 186 valence electrons. The number of sulfone groups is 1. The van der Waals surface area contributed by atoms with E-state index in [1.165, 1.54) is 0 Å². The average molecular weight is 503 g/mol. The number of hydrogen-bond donors (Lipinski definition) is 0. The predicted molar refractivity (Wildman–Crippen MR) is 139 cm³/mol. The van der Waals surface area contributed by atoms with Gasteiger partial charge in [-0.1, -0.05) is 66.7 Å². The van der Waals surface area contributed by atoms with E-state index >= 15 is 0 Å². The summed E-state index contributed by atoms with van der Waals surface area (Å²) in [6.07, 6.45) is 0.0668. The zero-order valence-corrected chi connectivity index (χ0v) is 21.7. The first-order chi connectivity index (χ1) is 17.1. The van der Waals surface area contributed by atoms with Gasteiger partial charge >= 0.3 is 5.97 Å². The predicted octanol–water partition coefficient (Wildman–Crippen LogP) is 5.62. The van der Waals surface area contributed by atoms with Crippen LogP contribution in [0.3, 0.4) is 0 Å². The minimum absolute atomic E-state index is 0.0668. The first kappa shape index (κ1) is 25.4. The highest BCUT2D eigenvalue weighted by Crippen LogP contribution is 2.30. The van der Waals surface area contributed by atoms with Crippen molar-refractivity contribution < 1.29 is 17.9 Å². The zero-order valence-electron chi connectivity index (χ0n) is 20.9. The van der Waals surface area contributed by atoms with Gasteiger partial charge in [-0.2, -0.15) is 5.10 Å². The highest BCUT2D eigenvalue weighted by molar-refractivity contribution is 7.91. The Balaban J connectivity index is 1.79. The number of ether oxygens (including phenoxy) is 1. The Morgan fingerprint density at radius 1 is 0.889 bits per heavy atom. The van der Waals surface area contributed by atoms with Crippen LogP contribution in [0.2, 0.25) is 0 Å². The maximum Gasteiger partial charge on any atom is 0.310 e. The fourth-order valence-corrected chi connectivity index (χ4v) is 5.68. The molecule has 6 nitrogen and oxygen atoms in total. The lowest BCUT2D eigenvalue weighted by Crippen LogP contribution is -2.25. The van der Waals surface area contributed by atoms with Crippen LogP contribution in [0.25, 0.3) is 11.3 Å². The van der Waals surface area contributed by atoms with Crippen LogP contribution in [0.15, 0.2) is 94.7 Å². The standard InChI is InChI=1S/C29H30N2O4S/c1-21-25(19-27(32)35-29(2,3)4)28(22-13-7-5-8-14-22)31(30-21)20-23-15-11-12-18-26(23)36(33,34)24-16-9-6-10-17-24/h5-18H,19-20H2,1-4H3. The van der Waals surface area contributed by atoms with Gasteiger partial charge in [-0.15, -0.1) is 0 Å². The van der Waals surface area contributed by atoms with Gasteiger partial charge in [0.15, 0.2) is 0 Å². The van der Waals surface area contributed by atoms with Crippen LogP contribution in [-0.2, 0) is 32.3 Å². The molecule has 4 aromatic rings. The molecule has 3 aromatic carbocycles. The molecule has 0 saturated carbocycles. The lowest BCUT2D eigenvalue weighted by atomic mass is 10.0. The summed E-state index contributed by atoms with van der Waals surface area (Å²) in [5.74, 6) is -0.339. The molecule has 0 aliphatic rings. The van der Waals surface area contributed by atoms with E-state index < -0.39 is 15.4 Å². The number of aryl methyl sites for hydroxylation is 1. The van der Waals surface area contributed by atoms with Gasteiger partial charge in [-0.3, -0.25) is 9.48 Å². The maximum absolute atomic E-state index is 13.5. The van der Waals surface area contributed by atoms with Crippen molar-refractivity contribution in [1.29, 1.82) is 0 Å². The Morgan fingerprint density at radius 3 is 2.11 bits per heavy atom. The second-order valence-corrected chi connectivity index (χ2v) is 11.5. The van der Waals surface area contributed by atoms with Crippen molar-refractivity contribution in [3.63, 3.8) is 0 Å². The molecule has 0 aliphatic heterocycles. The molecule has 1 heterocycles. The van der Waals surface area contributed by atoms with Crippen LogP contribution in [0.5, 0.6) is 0 Å². The molecule has 0 N–H and O–H groups in total. The Labute approximate surface area is 212 Å². The van der Waals surface area contributed by atoms with Crippen molar-refractivity contribution in [2.24, 2.45) is 0 Å². The molecule has 36 heavy (non-hydrogen) atoms. The second-order valence-electron chi connectivity index (χ2n) is 9.62. The summed E-state index contributed by atoms with van der Waals surface area (Å²) in [4.78, 5) is 13.2. The van der Waals surface area contributed by atoms with Crippen molar-refractivity contribution in [2.75, 3.05) is 0 Å². The number of hydrogen-bond acceptors (Lipinski definition) is 5. The van der Waals surface area contributed by atoms with Gasteiger partial charge in [0.25, 0.3) is 0 Å². The molecule has 0 amide bonds. The van der Waals surface area contributed by atoms with Gasteiger partial charge < -0.3 is 4.74 Å². The van der Waals surface area contributed by atoms with E-state index in [-0.39, 0.29) is 28.7 Å². The summed E-state index contributed by atoms with van der Waals surface area (Å²) in [6, 6.07) is 25.0. The summed E-state index contributed by atoms with van der Waals surface area (Å²) in [5.41, 5.74) is 3.14. The Bertz CT molecular complexity index is 1470. The van der Waals surface area contributed by atoms with Crippen molar-refractivity contribution >= 4 is 15.8 Å². The third-order valence-corrected chi connectivity index (χ3v) is 7.55. The summed E-state index contributed by atoms with van der Waals surface area (Å²) in [5, 5.41) is 4.74. The molecular formula is C29H30N2O4S. The molecule has 0 bridgehead atoms. The highest BCUT2D eigenvalue weighted by Gasteiger charge is 2.25. The van der Waals surface area contributed by atoms with Crippen LogP contribution >= 0.6 is 0 Å². The molecule has 0 unspecified atom stereocenters. The van der Waals surface area contributed by atoms with Gasteiger partial charge in [0, 0.05) is 11.1 Å². The first-order valence-corrected chi connectivity index (χ1v) is 13.3. The van der Waals surface area contributed by atoms with E-state index in [1.54, 1.807) is 53.2 Å². The topological polar surface area (TPSA) is 78.3 Å². The van der Waals surface area contributed by atoms with E-state index in [4.69, 9.17) is 9.84 Å².